The highest BCUT2D eigenvalue weighted by Crippen LogP contribution is 2.43. The van der Waals surface area contributed by atoms with E-state index >= 15 is 0 Å². The maximum Gasteiger partial charge on any atom is 0.255 e. The molecule has 0 radical (unpaired) electrons. The van der Waals surface area contributed by atoms with Gasteiger partial charge < -0.3 is 4.90 Å². The van der Waals surface area contributed by atoms with Crippen LogP contribution in [0.3, 0.4) is 0 Å². The Morgan fingerprint density at radius 1 is 1.20 bits per heavy atom. The van der Waals surface area contributed by atoms with Crippen molar-refractivity contribution in [1.29, 1.82) is 0 Å². The highest BCUT2D eigenvalue weighted by Gasteiger charge is 2.32. The van der Waals surface area contributed by atoms with Gasteiger partial charge in [0.15, 0.2) is 0 Å². The fraction of sp³-hybridized carbons (Fsp3) is 0.350. The van der Waals surface area contributed by atoms with Crippen LogP contribution in [0.15, 0.2) is 42.5 Å². The summed E-state index contributed by atoms with van der Waals surface area (Å²) < 4.78 is 0. The van der Waals surface area contributed by atoms with Crippen LogP contribution in [0.4, 0.5) is 0 Å². The van der Waals surface area contributed by atoms with Crippen LogP contribution in [-0.2, 0) is 6.42 Å². The molecule has 0 N–H and O–H groups in total. The average molecular weight is 394 g/mol. The third kappa shape index (κ3) is 4.16. The second kappa shape index (κ2) is 8.48. The zero-order valence-electron chi connectivity index (χ0n) is 14.2. The van der Waals surface area contributed by atoms with Gasteiger partial charge in [-0.3, -0.25) is 4.79 Å². The largest absolute Gasteiger partial charge is 0.322 e. The molecule has 1 heterocycles. The molecule has 1 fully saturated rings. The molecule has 1 atom stereocenters. The number of carbonyl (C=O) groups excluding carboxylic acids is 1. The minimum absolute atomic E-state index is 0.0492. The lowest BCUT2D eigenvalue weighted by Gasteiger charge is -2.25. The van der Waals surface area contributed by atoms with Gasteiger partial charge in [-0.25, -0.2) is 0 Å². The highest BCUT2D eigenvalue weighted by molar-refractivity contribution is 7.99. The van der Waals surface area contributed by atoms with Gasteiger partial charge in [-0.05, 0) is 36.6 Å². The summed E-state index contributed by atoms with van der Waals surface area (Å²) in [6.45, 7) is 2.90. The van der Waals surface area contributed by atoms with E-state index in [1.165, 1.54) is 18.4 Å². The minimum atomic E-state index is -0.0848. The van der Waals surface area contributed by atoms with E-state index in [9.17, 15) is 4.79 Å². The fourth-order valence-electron chi connectivity index (χ4n) is 3.01. The molecular weight excluding hydrogens is 373 g/mol. The van der Waals surface area contributed by atoms with Crippen LogP contribution in [0.1, 0.15) is 46.6 Å². The molecule has 1 saturated heterocycles. The molecule has 2 nitrogen and oxygen atoms in total. The van der Waals surface area contributed by atoms with E-state index in [0.29, 0.717) is 16.6 Å². The van der Waals surface area contributed by atoms with Crippen molar-refractivity contribution in [2.45, 2.75) is 31.6 Å². The Morgan fingerprint density at radius 2 is 1.96 bits per heavy atom. The van der Waals surface area contributed by atoms with Crippen LogP contribution in [0.25, 0.3) is 0 Å². The first kappa shape index (κ1) is 18.6. The van der Waals surface area contributed by atoms with Crippen LogP contribution in [0, 0.1) is 0 Å². The number of amides is 1. The van der Waals surface area contributed by atoms with Crippen molar-refractivity contribution >= 4 is 40.9 Å². The van der Waals surface area contributed by atoms with Crippen LogP contribution >= 0.6 is 35.0 Å². The lowest BCUT2D eigenvalue weighted by atomic mass is 10.1. The lowest BCUT2D eigenvalue weighted by molar-refractivity contribution is 0.0760. The molecule has 25 heavy (non-hydrogen) atoms. The molecule has 5 heteroatoms. The molecule has 0 saturated carbocycles. The van der Waals surface area contributed by atoms with E-state index in [-0.39, 0.29) is 11.3 Å². The monoisotopic (exact) mass is 393 g/mol. The van der Waals surface area contributed by atoms with E-state index in [1.807, 2.05) is 29.2 Å². The first-order chi connectivity index (χ1) is 12.1. The van der Waals surface area contributed by atoms with Crippen molar-refractivity contribution in [2.75, 3.05) is 12.3 Å². The second-order valence-corrected chi connectivity index (χ2v) is 8.14. The van der Waals surface area contributed by atoms with Crippen molar-refractivity contribution in [3.05, 3.63) is 69.2 Å². The maximum atomic E-state index is 13.0. The molecule has 132 valence electrons. The third-order valence-corrected chi connectivity index (χ3v) is 6.50. The Kier molecular flexibility index (Phi) is 6.32. The zero-order chi connectivity index (χ0) is 17.8. The number of carbonyl (C=O) groups is 1. The number of hydrogen-bond acceptors (Lipinski definition) is 2. The molecule has 1 aliphatic rings. The first-order valence-corrected chi connectivity index (χ1v) is 10.4. The summed E-state index contributed by atoms with van der Waals surface area (Å²) in [5.74, 6) is 0.946. The molecule has 3 rings (SSSR count). The van der Waals surface area contributed by atoms with E-state index < -0.39 is 0 Å². The summed E-state index contributed by atoms with van der Waals surface area (Å²) >= 11 is 14.3. The molecule has 0 bridgehead atoms. The maximum absolute atomic E-state index is 13.0. The van der Waals surface area contributed by atoms with Crippen molar-refractivity contribution < 1.29 is 4.79 Å². The van der Waals surface area contributed by atoms with Crippen LogP contribution < -0.4 is 0 Å². The van der Waals surface area contributed by atoms with Gasteiger partial charge >= 0.3 is 0 Å². The SMILES string of the molecule is CCCCc1ccc(C(=O)N2CCS[C@H]2c2cccc(Cl)c2Cl)cc1. The van der Waals surface area contributed by atoms with Gasteiger partial charge in [0.1, 0.15) is 5.37 Å². The standard InChI is InChI=1S/C20H21Cl2NOS/c1-2-3-5-14-8-10-15(11-9-14)19(24)23-12-13-25-20(23)16-6-4-7-17(21)18(16)22/h4,6-11,20H,2-3,5,12-13H2,1H3/t20-/m0/s1. The Labute approximate surface area is 163 Å². The molecule has 1 aliphatic heterocycles. The number of nitrogens with zero attached hydrogens (tertiary/aromatic N) is 1. The van der Waals surface area contributed by atoms with Crippen LogP contribution in [0.5, 0.6) is 0 Å². The smallest absolute Gasteiger partial charge is 0.255 e. The molecule has 0 spiro atoms. The molecular formula is C20H21Cl2NOS. The van der Waals surface area contributed by atoms with Gasteiger partial charge in [0.05, 0.1) is 10.0 Å². The number of thioether (sulfide) groups is 1. The number of benzene rings is 2. The summed E-state index contributed by atoms with van der Waals surface area (Å²) in [7, 11) is 0. The van der Waals surface area contributed by atoms with Gasteiger partial charge in [-0.2, -0.15) is 0 Å². The fourth-order valence-corrected chi connectivity index (χ4v) is 4.77. The Bertz CT molecular complexity index is 748. The van der Waals surface area contributed by atoms with Crippen LogP contribution in [-0.4, -0.2) is 23.1 Å². The summed E-state index contributed by atoms with van der Waals surface area (Å²) in [4.78, 5) is 14.9. The summed E-state index contributed by atoms with van der Waals surface area (Å²) in [5.41, 5.74) is 2.92. The summed E-state index contributed by atoms with van der Waals surface area (Å²) in [6.07, 6.45) is 3.41. The predicted octanol–water partition coefficient (Wildman–Crippen LogP) is 6.22. The Morgan fingerprint density at radius 3 is 2.68 bits per heavy atom. The van der Waals surface area contributed by atoms with E-state index in [4.69, 9.17) is 23.2 Å². The predicted molar refractivity (Wildman–Crippen MR) is 108 cm³/mol. The Balaban J connectivity index is 1.80. The molecule has 2 aromatic carbocycles. The van der Waals surface area contributed by atoms with Crippen molar-refractivity contribution in [1.82, 2.24) is 4.90 Å². The quantitative estimate of drug-likeness (QED) is 0.600. The topological polar surface area (TPSA) is 20.3 Å². The number of aryl methyl sites for hydroxylation is 1. The molecule has 0 unspecified atom stereocenters. The van der Waals surface area contributed by atoms with E-state index in [0.717, 1.165) is 23.3 Å². The Hall–Kier alpha value is -1.16. The molecule has 0 aliphatic carbocycles. The normalized spacial score (nSPS) is 17.1. The van der Waals surface area contributed by atoms with Crippen molar-refractivity contribution in [2.24, 2.45) is 0 Å². The van der Waals surface area contributed by atoms with E-state index in [2.05, 4.69) is 19.1 Å². The number of halogens is 2. The van der Waals surface area contributed by atoms with Crippen molar-refractivity contribution in [3.8, 4) is 0 Å². The molecule has 2 aromatic rings. The number of unbranched alkanes of at least 4 members (excludes halogenated alkanes) is 1. The number of hydrogen-bond donors (Lipinski definition) is 0. The zero-order valence-corrected chi connectivity index (χ0v) is 16.5. The van der Waals surface area contributed by atoms with Gasteiger partial charge in [0, 0.05) is 23.4 Å². The summed E-state index contributed by atoms with van der Waals surface area (Å²) in [6, 6.07) is 13.6. The van der Waals surface area contributed by atoms with Gasteiger partial charge in [-0.15, -0.1) is 11.8 Å². The third-order valence-electron chi connectivity index (χ3n) is 4.42. The summed E-state index contributed by atoms with van der Waals surface area (Å²) in [5, 5.41) is 0.981. The van der Waals surface area contributed by atoms with Crippen molar-refractivity contribution in [3.63, 3.8) is 0 Å². The minimum Gasteiger partial charge on any atom is -0.322 e. The van der Waals surface area contributed by atoms with Gasteiger partial charge in [-0.1, -0.05) is 60.8 Å². The molecule has 0 aromatic heterocycles. The van der Waals surface area contributed by atoms with Gasteiger partial charge in [0.2, 0.25) is 0 Å². The highest BCUT2D eigenvalue weighted by atomic mass is 35.5. The van der Waals surface area contributed by atoms with Crippen LogP contribution in [0.2, 0.25) is 10.0 Å². The van der Waals surface area contributed by atoms with Gasteiger partial charge in [0.25, 0.3) is 5.91 Å². The molecule has 1 amide bonds. The number of rotatable bonds is 5. The first-order valence-electron chi connectivity index (χ1n) is 8.57. The second-order valence-electron chi connectivity index (χ2n) is 6.17. The van der Waals surface area contributed by atoms with E-state index in [1.54, 1.807) is 17.8 Å². The average Bonchev–Trinajstić information content (AvgIpc) is 3.11. The lowest BCUT2D eigenvalue weighted by Crippen LogP contribution is -2.30.